The molecule has 1 aliphatic heterocycles. The van der Waals surface area contributed by atoms with Gasteiger partial charge in [0, 0.05) is 6.42 Å². The summed E-state index contributed by atoms with van der Waals surface area (Å²) < 4.78 is 0. The number of unbranched alkanes of at least 4 members (excludes halogenated alkanes) is 8. The lowest BCUT2D eigenvalue weighted by molar-refractivity contribution is -0.0864. The second-order valence-electron chi connectivity index (χ2n) is 5.40. The Hall–Kier alpha value is -0.570. The van der Waals surface area contributed by atoms with Crippen LogP contribution in [0.3, 0.4) is 0 Å². The maximum atomic E-state index is 5.55. The van der Waals surface area contributed by atoms with E-state index < -0.39 is 0 Å². The van der Waals surface area contributed by atoms with Gasteiger partial charge in [0.1, 0.15) is 5.84 Å². The molecule has 0 atom stereocenters. The average molecular weight is 268 g/mol. The lowest BCUT2D eigenvalue weighted by Gasteiger charge is -2.18. The molecule has 0 spiro atoms. The van der Waals surface area contributed by atoms with E-state index in [9.17, 15) is 0 Å². The molecule has 0 radical (unpaired) electrons. The average Bonchev–Trinajstić information content (AvgIpc) is 2.85. The normalized spacial score (nSPS) is 15.1. The molecule has 0 aromatic heterocycles. The van der Waals surface area contributed by atoms with E-state index in [1.54, 1.807) is 0 Å². The molecule has 1 aliphatic rings. The number of rotatable bonds is 12. The Morgan fingerprint density at radius 3 is 2.21 bits per heavy atom. The molecule has 0 fully saturated rings. The van der Waals surface area contributed by atoms with E-state index in [1.807, 2.05) is 12.0 Å². The third kappa shape index (κ3) is 7.56. The van der Waals surface area contributed by atoms with Crippen LogP contribution in [0.2, 0.25) is 0 Å². The summed E-state index contributed by atoms with van der Waals surface area (Å²) in [5, 5.41) is 1.99. The van der Waals surface area contributed by atoms with Crippen LogP contribution in [0.1, 0.15) is 78.1 Å². The van der Waals surface area contributed by atoms with Gasteiger partial charge in [0.2, 0.25) is 0 Å². The van der Waals surface area contributed by atoms with Crippen LogP contribution in [0, 0.1) is 0 Å². The van der Waals surface area contributed by atoms with Crippen LogP contribution in [0.5, 0.6) is 0 Å². The highest BCUT2D eigenvalue weighted by Gasteiger charge is 2.16. The summed E-state index contributed by atoms with van der Waals surface area (Å²) in [4.78, 5) is 10.1. The number of hydrogen-bond donors (Lipinski definition) is 0. The number of hydrogen-bond acceptors (Lipinski definition) is 3. The van der Waals surface area contributed by atoms with Crippen molar-refractivity contribution in [2.75, 3.05) is 19.7 Å². The molecule has 0 bridgehead atoms. The zero-order valence-electron chi connectivity index (χ0n) is 13.0. The minimum atomic E-state index is 0.747. The molecule has 0 saturated carbocycles. The van der Waals surface area contributed by atoms with Crippen molar-refractivity contribution in [3.63, 3.8) is 0 Å². The van der Waals surface area contributed by atoms with Crippen molar-refractivity contribution < 1.29 is 4.84 Å². The van der Waals surface area contributed by atoms with Crippen molar-refractivity contribution in [2.24, 2.45) is 4.99 Å². The Morgan fingerprint density at radius 1 is 0.947 bits per heavy atom. The largest absolute Gasteiger partial charge is 0.273 e. The predicted octanol–water partition coefficient (Wildman–Crippen LogP) is 4.57. The Labute approximate surface area is 119 Å². The maximum Gasteiger partial charge on any atom is 0.123 e. The first-order valence-corrected chi connectivity index (χ1v) is 8.32. The Morgan fingerprint density at radius 2 is 1.58 bits per heavy atom. The molecule has 0 amide bonds. The van der Waals surface area contributed by atoms with Crippen molar-refractivity contribution in [3.05, 3.63) is 0 Å². The number of aliphatic imine (C=N–C) groups is 1. The van der Waals surface area contributed by atoms with Crippen LogP contribution in [-0.4, -0.2) is 30.6 Å². The van der Waals surface area contributed by atoms with Crippen LogP contribution in [0.25, 0.3) is 0 Å². The summed E-state index contributed by atoms with van der Waals surface area (Å²) in [6.45, 7) is 6.91. The third-order valence-corrected chi connectivity index (χ3v) is 3.67. The van der Waals surface area contributed by atoms with E-state index >= 15 is 0 Å². The van der Waals surface area contributed by atoms with Gasteiger partial charge in [0.05, 0.1) is 19.7 Å². The fraction of sp³-hybridized carbons (Fsp3) is 0.938. The van der Waals surface area contributed by atoms with Crippen LogP contribution >= 0.6 is 0 Å². The highest BCUT2D eigenvalue weighted by atomic mass is 16.7. The van der Waals surface area contributed by atoms with Gasteiger partial charge in [-0.25, -0.2) is 5.06 Å². The fourth-order valence-corrected chi connectivity index (χ4v) is 2.57. The highest BCUT2D eigenvalue weighted by Crippen LogP contribution is 2.13. The minimum Gasteiger partial charge on any atom is -0.273 e. The summed E-state index contributed by atoms with van der Waals surface area (Å²) in [5.41, 5.74) is 0. The zero-order chi connectivity index (χ0) is 13.8. The van der Waals surface area contributed by atoms with Crippen molar-refractivity contribution >= 4 is 5.84 Å². The monoisotopic (exact) mass is 268 g/mol. The topological polar surface area (TPSA) is 24.8 Å². The Bertz CT molecular complexity index is 241. The quantitative estimate of drug-likeness (QED) is 0.484. The summed E-state index contributed by atoms with van der Waals surface area (Å²) in [6.07, 6.45) is 13.5. The first kappa shape index (κ1) is 16.5. The van der Waals surface area contributed by atoms with Gasteiger partial charge in [-0.1, -0.05) is 58.3 Å². The molecule has 0 unspecified atom stereocenters. The summed E-state index contributed by atoms with van der Waals surface area (Å²) in [7, 11) is 0. The second kappa shape index (κ2) is 11.3. The standard InChI is InChI=1S/C16H32N2O/c1-3-5-6-7-8-9-10-11-12-13-16-17-14-15-18(16)19-4-2/h3-15H2,1-2H3. The van der Waals surface area contributed by atoms with Gasteiger partial charge in [-0.15, -0.1) is 0 Å². The van der Waals surface area contributed by atoms with Crippen molar-refractivity contribution in [2.45, 2.75) is 78.1 Å². The molecule has 1 heterocycles. The van der Waals surface area contributed by atoms with Crippen molar-refractivity contribution in [1.29, 1.82) is 0 Å². The number of nitrogens with zero attached hydrogens (tertiary/aromatic N) is 2. The van der Waals surface area contributed by atoms with E-state index in [2.05, 4.69) is 11.9 Å². The Balaban J connectivity index is 1.90. The van der Waals surface area contributed by atoms with Crippen molar-refractivity contribution in [1.82, 2.24) is 5.06 Å². The van der Waals surface area contributed by atoms with Gasteiger partial charge >= 0.3 is 0 Å². The van der Waals surface area contributed by atoms with Gasteiger partial charge in [-0.3, -0.25) is 9.83 Å². The molecule has 0 aliphatic carbocycles. The van der Waals surface area contributed by atoms with E-state index in [0.29, 0.717) is 0 Å². The highest BCUT2D eigenvalue weighted by molar-refractivity contribution is 5.82. The molecule has 112 valence electrons. The van der Waals surface area contributed by atoms with E-state index in [0.717, 1.165) is 26.1 Å². The van der Waals surface area contributed by atoms with Crippen LogP contribution in [0.15, 0.2) is 4.99 Å². The summed E-state index contributed by atoms with van der Waals surface area (Å²) in [5.74, 6) is 1.17. The van der Waals surface area contributed by atoms with Crippen LogP contribution in [0.4, 0.5) is 0 Å². The van der Waals surface area contributed by atoms with Gasteiger partial charge in [-0.2, -0.15) is 0 Å². The van der Waals surface area contributed by atoms with Gasteiger partial charge in [-0.05, 0) is 13.3 Å². The first-order valence-electron chi connectivity index (χ1n) is 8.32. The zero-order valence-corrected chi connectivity index (χ0v) is 13.0. The fourth-order valence-electron chi connectivity index (χ4n) is 2.57. The van der Waals surface area contributed by atoms with Crippen LogP contribution in [-0.2, 0) is 4.84 Å². The first-order chi connectivity index (χ1) is 9.38. The Kier molecular flexibility index (Phi) is 9.78. The summed E-state index contributed by atoms with van der Waals surface area (Å²) in [6, 6.07) is 0. The lowest BCUT2D eigenvalue weighted by atomic mass is 10.1. The molecule has 0 saturated heterocycles. The molecular formula is C16H32N2O. The predicted molar refractivity (Wildman–Crippen MR) is 82.5 cm³/mol. The van der Waals surface area contributed by atoms with E-state index in [4.69, 9.17) is 4.84 Å². The number of amidine groups is 1. The molecular weight excluding hydrogens is 236 g/mol. The smallest absolute Gasteiger partial charge is 0.123 e. The minimum absolute atomic E-state index is 0.747. The molecule has 3 heteroatoms. The molecule has 0 N–H and O–H groups in total. The van der Waals surface area contributed by atoms with Gasteiger partial charge in [0.15, 0.2) is 0 Å². The third-order valence-electron chi connectivity index (χ3n) is 3.67. The molecule has 3 nitrogen and oxygen atoms in total. The van der Waals surface area contributed by atoms with E-state index in [-0.39, 0.29) is 0 Å². The molecule has 0 aromatic carbocycles. The van der Waals surface area contributed by atoms with E-state index in [1.165, 1.54) is 63.6 Å². The second-order valence-corrected chi connectivity index (χ2v) is 5.40. The molecule has 0 aromatic rings. The maximum absolute atomic E-state index is 5.55. The van der Waals surface area contributed by atoms with Crippen LogP contribution < -0.4 is 0 Å². The molecule has 1 rings (SSSR count). The van der Waals surface area contributed by atoms with Crippen molar-refractivity contribution in [3.8, 4) is 0 Å². The summed E-state index contributed by atoms with van der Waals surface area (Å²) >= 11 is 0. The van der Waals surface area contributed by atoms with Gasteiger partial charge < -0.3 is 0 Å². The van der Waals surface area contributed by atoms with Gasteiger partial charge in [0.25, 0.3) is 0 Å². The number of hydroxylamine groups is 2. The lowest BCUT2D eigenvalue weighted by Crippen LogP contribution is -2.27. The molecule has 19 heavy (non-hydrogen) atoms. The SMILES string of the molecule is CCCCCCCCCCCC1=NCCN1OCC.